The Morgan fingerprint density at radius 1 is 1.16 bits per heavy atom. The zero-order valence-corrected chi connectivity index (χ0v) is 19.3. The maximum atomic E-state index is 13.0. The van der Waals surface area contributed by atoms with Crippen molar-refractivity contribution in [3.05, 3.63) is 52.0 Å². The van der Waals surface area contributed by atoms with Crippen molar-refractivity contribution < 1.29 is 19.1 Å². The fourth-order valence-corrected chi connectivity index (χ4v) is 5.26. The molecule has 0 bridgehead atoms. The molecule has 0 aromatic heterocycles. The largest absolute Gasteiger partial charge is 0.495 e. The third kappa shape index (κ3) is 3.64. The van der Waals surface area contributed by atoms with Crippen molar-refractivity contribution in [2.45, 2.75) is 50.6 Å². The molecular formula is C24H28ClN3O4. The van der Waals surface area contributed by atoms with Gasteiger partial charge in [-0.05, 0) is 61.9 Å². The number of carbonyl (C=O) groups excluding carboxylic acids is 2. The molecule has 1 heterocycles. The Labute approximate surface area is 192 Å². The van der Waals surface area contributed by atoms with E-state index in [9.17, 15) is 9.59 Å². The summed E-state index contributed by atoms with van der Waals surface area (Å²) in [4.78, 5) is 27.4. The smallest absolute Gasteiger partial charge is 0.322 e. The molecule has 1 saturated carbocycles. The van der Waals surface area contributed by atoms with Crippen LogP contribution in [0.3, 0.4) is 0 Å². The number of rotatable bonds is 5. The number of nitrogens with two attached hydrogens (primary N) is 1. The van der Waals surface area contributed by atoms with Crippen LogP contribution in [0.5, 0.6) is 11.5 Å². The van der Waals surface area contributed by atoms with Gasteiger partial charge in [0.2, 0.25) is 5.91 Å². The van der Waals surface area contributed by atoms with Gasteiger partial charge in [-0.15, -0.1) is 0 Å². The number of amides is 3. The number of benzene rings is 2. The van der Waals surface area contributed by atoms with Gasteiger partial charge >= 0.3 is 6.03 Å². The minimum atomic E-state index is -0.810. The summed E-state index contributed by atoms with van der Waals surface area (Å²) in [6, 6.07) is 9.12. The van der Waals surface area contributed by atoms with Gasteiger partial charge in [-0.1, -0.05) is 23.7 Å². The standard InChI is InChI=1S/C24H28ClN3O4/c1-14-4-6-20(32-3)21-17(14)13-28(23(30)27-21)16-8-10-24(11-9-16,22(26)29)15-5-7-19(31-2)18(25)12-15/h4-7,12,16H,8-11,13H2,1-3H3,(H2,26,29)(H,27,30). The molecule has 0 radical (unpaired) electrons. The molecule has 7 nitrogen and oxygen atoms in total. The highest BCUT2D eigenvalue weighted by molar-refractivity contribution is 6.32. The highest BCUT2D eigenvalue weighted by Gasteiger charge is 2.44. The van der Waals surface area contributed by atoms with E-state index >= 15 is 0 Å². The first-order chi connectivity index (χ1) is 15.3. The van der Waals surface area contributed by atoms with Gasteiger partial charge < -0.3 is 25.4 Å². The van der Waals surface area contributed by atoms with Crippen LogP contribution in [0.4, 0.5) is 10.5 Å². The molecule has 2 aromatic rings. The molecule has 3 amide bonds. The Hall–Kier alpha value is -2.93. The molecule has 2 aromatic carbocycles. The number of hydrogen-bond acceptors (Lipinski definition) is 4. The molecule has 4 rings (SSSR count). The molecule has 32 heavy (non-hydrogen) atoms. The average Bonchev–Trinajstić information content (AvgIpc) is 2.79. The van der Waals surface area contributed by atoms with Gasteiger partial charge in [0.15, 0.2) is 0 Å². The SMILES string of the molecule is COc1ccc(C2(C(N)=O)CCC(N3Cc4c(C)ccc(OC)c4NC3=O)CC2)cc1Cl. The Morgan fingerprint density at radius 3 is 2.41 bits per heavy atom. The van der Waals surface area contributed by atoms with Crippen LogP contribution in [0.2, 0.25) is 5.02 Å². The summed E-state index contributed by atoms with van der Waals surface area (Å²) >= 11 is 6.32. The van der Waals surface area contributed by atoms with Gasteiger partial charge in [0.05, 0.1) is 36.9 Å². The maximum Gasteiger partial charge on any atom is 0.322 e. The molecule has 1 aliphatic heterocycles. The Balaban J connectivity index is 1.57. The van der Waals surface area contributed by atoms with Crippen molar-refractivity contribution in [1.29, 1.82) is 0 Å². The average molecular weight is 458 g/mol. The molecule has 0 atom stereocenters. The van der Waals surface area contributed by atoms with Crippen LogP contribution in [-0.4, -0.2) is 37.1 Å². The van der Waals surface area contributed by atoms with Crippen LogP contribution < -0.4 is 20.5 Å². The van der Waals surface area contributed by atoms with Crippen molar-refractivity contribution in [3.8, 4) is 11.5 Å². The molecule has 1 aliphatic carbocycles. The lowest BCUT2D eigenvalue weighted by atomic mass is 9.67. The molecule has 170 valence electrons. The Kier molecular flexibility index (Phi) is 5.95. The summed E-state index contributed by atoms with van der Waals surface area (Å²) in [5, 5.41) is 3.45. The number of anilines is 1. The molecule has 0 saturated heterocycles. The molecule has 0 spiro atoms. The van der Waals surface area contributed by atoms with E-state index in [1.165, 1.54) is 0 Å². The molecule has 8 heteroatoms. The van der Waals surface area contributed by atoms with Crippen LogP contribution in [0.15, 0.2) is 30.3 Å². The number of nitrogens with zero attached hydrogens (tertiary/aromatic N) is 1. The minimum absolute atomic E-state index is 0.00921. The van der Waals surface area contributed by atoms with Crippen LogP contribution in [0.1, 0.15) is 42.4 Å². The van der Waals surface area contributed by atoms with E-state index in [1.54, 1.807) is 26.4 Å². The number of nitrogens with one attached hydrogen (secondary N) is 1. The maximum absolute atomic E-state index is 13.0. The molecule has 2 aliphatic rings. The second-order valence-corrected chi connectivity index (χ2v) is 8.93. The normalized spacial score (nSPS) is 22.7. The number of ether oxygens (including phenoxy) is 2. The predicted molar refractivity (Wildman–Crippen MR) is 123 cm³/mol. The lowest BCUT2D eigenvalue weighted by Gasteiger charge is -2.43. The fraction of sp³-hybridized carbons (Fsp3) is 0.417. The Bertz CT molecular complexity index is 1060. The molecule has 3 N–H and O–H groups in total. The van der Waals surface area contributed by atoms with Gasteiger partial charge in [0, 0.05) is 11.6 Å². The number of halogens is 1. The summed E-state index contributed by atoms with van der Waals surface area (Å²) < 4.78 is 10.7. The number of carbonyl (C=O) groups is 2. The molecular weight excluding hydrogens is 430 g/mol. The van der Waals surface area contributed by atoms with Crippen molar-refractivity contribution in [1.82, 2.24) is 4.90 Å². The van der Waals surface area contributed by atoms with Crippen LogP contribution in [0, 0.1) is 6.92 Å². The third-order valence-corrected chi connectivity index (χ3v) is 7.27. The van der Waals surface area contributed by atoms with Crippen molar-refractivity contribution in [2.24, 2.45) is 5.73 Å². The number of urea groups is 1. The van der Waals surface area contributed by atoms with E-state index in [2.05, 4.69) is 5.32 Å². The van der Waals surface area contributed by atoms with Crippen LogP contribution in [0.25, 0.3) is 0 Å². The van der Waals surface area contributed by atoms with E-state index in [1.807, 2.05) is 30.0 Å². The van der Waals surface area contributed by atoms with E-state index in [4.69, 9.17) is 26.8 Å². The molecule has 1 fully saturated rings. The zero-order chi connectivity index (χ0) is 23.0. The fourth-order valence-electron chi connectivity index (χ4n) is 5.01. The van der Waals surface area contributed by atoms with E-state index in [0.717, 1.165) is 22.4 Å². The second kappa shape index (κ2) is 8.54. The van der Waals surface area contributed by atoms with Crippen molar-refractivity contribution in [2.75, 3.05) is 19.5 Å². The van der Waals surface area contributed by atoms with Gasteiger partial charge in [-0.25, -0.2) is 4.79 Å². The highest BCUT2D eigenvalue weighted by Crippen LogP contribution is 2.44. The van der Waals surface area contributed by atoms with E-state index in [-0.39, 0.29) is 18.0 Å². The zero-order valence-electron chi connectivity index (χ0n) is 18.5. The third-order valence-electron chi connectivity index (χ3n) is 6.98. The first-order valence-electron chi connectivity index (χ1n) is 10.7. The van der Waals surface area contributed by atoms with E-state index in [0.29, 0.717) is 48.7 Å². The summed E-state index contributed by atoms with van der Waals surface area (Å²) in [7, 11) is 3.15. The molecule has 0 unspecified atom stereocenters. The lowest BCUT2D eigenvalue weighted by molar-refractivity contribution is -0.125. The first-order valence-corrected chi connectivity index (χ1v) is 11.1. The van der Waals surface area contributed by atoms with Gasteiger partial charge in [0.1, 0.15) is 11.5 Å². The number of aryl methyl sites for hydroxylation is 1. The number of primary amides is 1. The quantitative estimate of drug-likeness (QED) is 0.696. The highest BCUT2D eigenvalue weighted by atomic mass is 35.5. The minimum Gasteiger partial charge on any atom is -0.495 e. The summed E-state index contributed by atoms with van der Waals surface area (Å²) in [6.45, 7) is 2.53. The number of fused-ring (bicyclic) bond motifs is 1. The summed E-state index contributed by atoms with van der Waals surface area (Å²) in [5.41, 5.74) is 8.78. The Morgan fingerprint density at radius 2 is 1.81 bits per heavy atom. The van der Waals surface area contributed by atoms with Gasteiger partial charge in [-0.3, -0.25) is 4.79 Å². The summed E-state index contributed by atoms with van der Waals surface area (Å²) in [6.07, 6.45) is 2.42. The van der Waals surface area contributed by atoms with Crippen LogP contribution >= 0.6 is 11.6 Å². The van der Waals surface area contributed by atoms with Gasteiger partial charge in [0.25, 0.3) is 0 Å². The predicted octanol–water partition coefficient (Wildman–Crippen LogP) is 4.38. The van der Waals surface area contributed by atoms with Crippen molar-refractivity contribution in [3.63, 3.8) is 0 Å². The number of methoxy groups -OCH3 is 2. The topological polar surface area (TPSA) is 93.9 Å². The van der Waals surface area contributed by atoms with Crippen molar-refractivity contribution >= 4 is 29.2 Å². The summed E-state index contributed by atoms with van der Waals surface area (Å²) in [5.74, 6) is 0.843. The van der Waals surface area contributed by atoms with Crippen LogP contribution in [-0.2, 0) is 16.8 Å². The lowest BCUT2D eigenvalue weighted by Crippen LogP contribution is -2.51. The number of hydrogen-bond donors (Lipinski definition) is 2. The first kappa shape index (κ1) is 22.3. The van der Waals surface area contributed by atoms with E-state index < -0.39 is 5.41 Å². The monoisotopic (exact) mass is 457 g/mol. The second-order valence-electron chi connectivity index (χ2n) is 8.52. The van der Waals surface area contributed by atoms with Gasteiger partial charge in [-0.2, -0.15) is 0 Å².